The van der Waals surface area contributed by atoms with Crippen molar-refractivity contribution in [2.24, 2.45) is 0 Å². The zero-order valence-electron chi connectivity index (χ0n) is 15.4. The van der Waals surface area contributed by atoms with Crippen LogP contribution >= 0.6 is 12.4 Å². The number of carbonyl (C=O) groups excluding carboxylic acids is 1. The average molecular weight is 366 g/mol. The molecule has 0 atom stereocenters. The molecule has 0 fully saturated rings. The monoisotopic (exact) mass is 365 g/mol. The number of ketones is 1. The van der Waals surface area contributed by atoms with E-state index in [1.165, 1.54) is 16.7 Å². The van der Waals surface area contributed by atoms with Crippen LogP contribution in [0.1, 0.15) is 27.0 Å². The van der Waals surface area contributed by atoms with Crippen LogP contribution in [-0.4, -0.2) is 24.8 Å². The molecule has 2 nitrogen and oxygen atoms in total. The Morgan fingerprint density at radius 3 is 1.96 bits per heavy atom. The van der Waals surface area contributed by atoms with E-state index < -0.39 is 0 Å². The van der Waals surface area contributed by atoms with E-state index in [1.54, 1.807) is 0 Å². The molecule has 0 aliphatic carbocycles. The molecule has 134 valence electrons. The van der Waals surface area contributed by atoms with E-state index in [0.29, 0.717) is 0 Å². The van der Waals surface area contributed by atoms with Gasteiger partial charge in [-0.1, -0.05) is 72.8 Å². The molecule has 0 N–H and O–H groups in total. The number of nitrogens with zero attached hydrogens (tertiary/aromatic N) is 1. The van der Waals surface area contributed by atoms with Crippen molar-refractivity contribution in [3.8, 4) is 11.1 Å². The molecule has 0 spiro atoms. The zero-order valence-corrected chi connectivity index (χ0v) is 16.2. The molecule has 0 radical (unpaired) electrons. The molecule has 3 heteroatoms. The Balaban J connectivity index is 0.00000243. The third-order valence-corrected chi connectivity index (χ3v) is 4.35. The van der Waals surface area contributed by atoms with Gasteiger partial charge in [0.25, 0.3) is 0 Å². The predicted octanol–water partition coefficient (Wildman–Crippen LogP) is 5.38. The van der Waals surface area contributed by atoms with E-state index in [9.17, 15) is 4.79 Å². The summed E-state index contributed by atoms with van der Waals surface area (Å²) in [5.41, 5.74) is 6.37. The van der Waals surface area contributed by atoms with Crippen LogP contribution in [0.15, 0.2) is 72.8 Å². The summed E-state index contributed by atoms with van der Waals surface area (Å²) < 4.78 is 0. The number of hydrogen-bond acceptors (Lipinski definition) is 2. The fraction of sp³-hybridized carbons (Fsp3) is 0.174. The second-order valence-electron chi connectivity index (χ2n) is 6.65. The third-order valence-electron chi connectivity index (χ3n) is 4.35. The molecule has 0 unspecified atom stereocenters. The molecule has 0 saturated heterocycles. The van der Waals surface area contributed by atoms with Gasteiger partial charge in [-0.15, -0.1) is 12.4 Å². The second kappa shape index (κ2) is 8.79. The van der Waals surface area contributed by atoms with Gasteiger partial charge in [0.15, 0.2) is 5.78 Å². The summed E-state index contributed by atoms with van der Waals surface area (Å²) in [6.45, 7) is 3.09. The summed E-state index contributed by atoms with van der Waals surface area (Å²) in [5.74, 6) is 0.0599. The lowest BCUT2D eigenvalue weighted by Crippen LogP contribution is -2.11. The first-order valence-electron chi connectivity index (χ1n) is 8.49. The van der Waals surface area contributed by atoms with Gasteiger partial charge >= 0.3 is 0 Å². The van der Waals surface area contributed by atoms with E-state index in [4.69, 9.17) is 0 Å². The average Bonchev–Trinajstić information content (AvgIpc) is 2.63. The summed E-state index contributed by atoms with van der Waals surface area (Å²) >= 11 is 0. The molecular weight excluding hydrogens is 342 g/mol. The van der Waals surface area contributed by atoms with Gasteiger partial charge < -0.3 is 4.90 Å². The first kappa shape index (κ1) is 19.9. The molecule has 0 aliphatic heterocycles. The maximum atomic E-state index is 12.5. The highest BCUT2D eigenvalue weighted by Crippen LogP contribution is 2.24. The quantitative estimate of drug-likeness (QED) is 0.566. The molecule has 0 aromatic heterocycles. The predicted molar refractivity (Wildman–Crippen MR) is 111 cm³/mol. The van der Waals surface area contributed by atoms with Crippen molar-refractivity contribution in [1.29, 1.82) is 0 Å². The molecule has 0 bridgehead atoms. The normalized spacial score (nSPS) is 10.5. The number of benzene rings is 3. The fourth-order valence-electron chi connectivity index (χ4n) is 2.96. The van der Waals surface area contributed by atoms with E-state index in [2.05, 4.69) is 44.1 Å². The number of carbonyl (C=O) groups is 1. The molecule has 0 heterocycles. The summed E-state index contributed by atoms with van der Waals surface area (Å²) in [6, 6.07) is 23.8. The van der Waals surface area contributed by atoms with Crippen molar-refractivity contribution in [3.63, 3.8) is 0 Å². The van der Waals surface area contributed by atoms with Crippen molar-refractivity contribution in [2.75, 3.05) is 14.1 Å². The van der Waals surface area contributed by atoms with Gasteiger partial charge in [-0.3, -0.25) is 4.79 Å². The minimum atomic E-state index is 0. The van der Waals surface area contributed by atoms with Gasteiger partial charge in [0.05, 0.1) is 0 Å². The van der Waals surface area contributed by atoms with Crippen LogP contribution in [0.2, 0.25) is 0 Å². The SMILES string of the molecule is Cc1cc(-c2ccc(C(=O)c3ccccc3)cc2)ccc1CN(C)C.Cl. The maximum Gasteiger partial charge on any atom is 0.193 e. The Morgan fingerprint density at radius 2 is 1.38 bits per heavy atom. The van der Waals surface area contributed by atoms with Crippen LogP contribution in [0.25, 0.3) is 11.1 Å². The summed E-state index contributed by atoms with van der Waals surface area (Å²) in [5, 5.41) is 0. The Labute approximate surface area is 161 Å². The van der Waals surface area contributed by atoms with Crippen LogP contribution in [-0.2, 0) is 6.54 Å². The fourth-order valence-corrected chi connectivity index (χ4v) is 2.96. The maximum absolute atomic E-state index is 12.5. The van der Waals surface area contributed by atoms with Crippen molar-refractivity contribution in [2.45, 2.75) is 13.5 Å². The second-order valence-corrected chi connectivity index (χ2v) is 6.65. The van der Waals surface area contributed by atoms with Gasteiger partial charge in [-0.05, 0) is 43.3 Å². The van der Waals surface area contributed by atoms with Gasteiger partial charge in [0.2, 0.25) is 0 Å². The van der Waals surface area contributed by atoms with Crippen molar-refractivity contribution >= 4 is 18.2 Å². The largest absolute Gasteiger partial charge is 0.305 e. The molecule has 0 amide bonds. The van der Waals surface area contributed by atoms with Crippen LogP contribution in [0, 0.1) is 6.92 Å². The highest BCUT2D eigenvalue weighted by molar-refractivity contribution is 6.09. The lowest BCUT2D eigenvalue weighted by Gasteiger charge is -2.13. The highest BCUT2D eigenvalue weighted by Gasteiger charge is 2.09. The molecular formula is C23H24ClNO. The van der Waals surface area contributed by atoms with E-state index in [-0.39, 0.29) is 18.2 Å². The van der Waals surface area contributed by atoms with E-state index >= 15 is 0 Å². The molecule has 0 aliphatic rings. The third kappa shape index (κ3) is 4.60. The minimum absolute atomic E-state index is 0. The lowest BCUT2D eigenvalue weighted by molar-refractivity contribution is 0.103. The molecule has 3 aromatic rings. The number of halogens is 1. The van der Waals surface area contributed by atoms with Crippen molar-refractivity contribution in [1.82, 2.24) is 4.90 Å². The van der Waals surface area contributed by atoms with Gasteiger partial charge in [-0.25, -0.2) is 0 Å². The first-order chi connectivity index (χ1) is 12.0. The lowest BCUT2D eigenvalue weighted by atomic mass is 9.97. The number of rotatable bonds is 5. The Bertz CT molecular complexity index is 870. The van der Waals surface area contributed by atoms with Crippen molar-refractivity contribution < 1.29 is 4.79 Å². The molecule has 3 rings (SSSR count). The summed E-state index contributed by atoms with van der Waals surface area (Å²) in [7, 11) is 4.16. The Kier molecular flexibility index (Phi) is 6.73. The molecule has 3 aromatic carbocycles. The minimum Gasteiger partial charge on any atom is -0.305 e. The number of hydrogen-bond donors (Lipinski definition) is 0. The van der Waals surface area contributed by atoms with Crippen LogP contribution in [0.4, 0.5) is 0 Å². The van der Waals surface area contributed by atoms with Crippen molar-refractivity contribution in [3.05, 3.63) is 95.1 Å². The molecule has 26 heavy (non-hydrogen) atoms. The first-order valence-corrected chi connectivity index (χ1v) is 8.49. The van der Waals surface area contributed by atoms with E-state index in [0.717, 1.165) is 23.2 Å². The Hall–Kier alpha value is -2.42. The standard InChI is InChI=1S/C23H23NO.ClH/c1-17-15-21(13-14-22(17)16-24(2)3)18-9-11-20(12-10-18)23(25)19-7-5-4-6-8-19;/h4-15H,16H2,1-3H3;1H. The molecule has 0 saturated carbocycles. The smallest absolute Gasteiger partial charge is 0.193 e. The van der Waals surface area contributed by atoms with Crippen LogP contribution in [0.3, 0.4) is 0 Å². The Morgan fingerprint density at radius 1 is 0.808 bits per heavy atom. The van der Waals surface area contributed by atoms with Crippen LogP contribution < -0.4 is 0 Å². The van der Waals surface area contributed by atoms with E-state index in [1.807, 2.05) is 54.6 Å². The van der Waals surface area contributed by atoms with Gasteiger partial charge in [0, 0.05) is 17.7 Å². The van der Waals surface area contributed by atoms with Gasteiger partial charge in [0.1, 0.15) is 0 Å². The highest BCUT2D eigenvalue weighted by atomic mass is 35.5. The summed E-state index contributed by atoms with van der Waals surface area (Å²) in [6.07, 6.45) is 0. The van der Waals surface area contributed by atoms with Gasteiger partial charge in [-0.2, -0.15) is 0 Å². The zero-order chi connectivity index (χ0) is 17.8. The topological polar surface area (TPSA) is 20.3 Å². The number of aryl methyl sites for hydroxylation is 1. The van der Waals surface area contributed by atoms with Crippen LogP contribution in [0.5, 0.6) is 0 Å². The summed E-state index contributed by atoms with van der Waals surface area (Å²) in [4.78, 5) is 14.7.